The lowest BCUT2D eigenvalue weighted by Crippen LogP contribution is -2.17. The largest absolute Gasteiger partial charge is 0.306 e. The van der Waals surface area contributed by atoms with Crippen LogP contribution in [0.1, 0.15) is 33.1 Å². The van der Waals surface area contributed by atoms with Gasteiger partial charge in [0.25, 0.3) is 0 Å². The topological polar surface area (TPSA) is 3.24 Å². The van der Waals surface area contributed by atoms with Crippen LogP contribution in [-0.2, 0) is 0 Å². The molecular weight excluding hydrogens is 134 g/mol. The third-order valence-electron chi connectivity index (χ3n) is 2.98. The van der Waals surface area contributed by atoms with E-state index in [1.54, 1.807) is 0 Å². The summed E-state index contributed by atoms with van der Waals surface area (Å²) in [6.07, 6.45) is 4.19. The molecule has 0 amide bonds. The zero-order chi connectivity index (χ0) is 8.27. The lowest BCUT2D eigenvalue weighted by Gasteiger charge is -2.17. The minimum atomic E-state index is 0.949. The minimum Gasteiger partial charge on any atom is -0.306 e. The van der Waals surface area contributed by atoms with E-state index in [0.29, 0.717) is 0 Å². The van der Waals surface area contributed by atoms with Crippen molar-refractivity contribution in [1.82, 2.24) is 4.90 Å². The predicted molar refractivity (Wildman–Crippen MR) is 49.7 cm³/mol. The van der Waals surface area contributed by atoms with Gasteiger partial charge in [0, 0.05) is 6.54 Å². The first-order chi connectivity index (χ1) is 5.24. The third-order valence-corrected chi connectivity index (χ3v) is 2.98. The fraction of sp³-hybridized carbons (Fsp3) is 1.00. The maximum atomic E-state index is 2.46. The second kappa shape index (κ2) is 4.10. The van der Waals surface area contributed by atoms with Crippen molar-refractivity contribution in [1.29, 1.82) is 0 Å². The van der Waals surface area contributed by atoms with Crippen LogP contribution in [0.15, 0.2) is 0 Å². The van der Waals surface area contributed by atoms with Gasteiger partial charge in [0.2, 0.25) is 0 Å². The van der Waals surface area contributed by atoms with Gasteiger partial charge in [0.15, 0.2) is 0 Å². The van der Waals surface area contributed by atoms with E-state index < -0.39 is 0 Å². The minimum absolute atomic E-state index is 0.949. The first-order valence-electron chi connectivity index (χ1n) is 4.92. The van der Waals surface area contributed by atoms with Crippen molar-refractivity contribution < 1.29 is 0 Å². The molecule has 66 valence electrons. The van der Waals surface area contributed by atoms with Crippen molar-refractivity contribution in [3.63, 3.8) is 0 Å². The Morgan fingerprint density at radius 2 is 2.27 bits per heavy atom. The van der Waals surface area contributed by atoms with Gasteiger partial charge >= 0.3 is 0 Å². The summed E-state index contributed by atoms with van der Waals surface area (Å²) in [6.45, 7) is 7.35. The highest BCUT2D eigenvalue weighted by Gasteiger charge is 2.23. The first-order valence-corrected chi connectivity index (χ1v) is 4.92. The van der Waals surface area contributed by atoms with Gasteiger partial charge in [0.1, 0.15) is 0 Å². The molecule has 0 bridgehead atoms. The highest BCUT2D eigenvalue weighted by Crippen LogP contribution is 2.25. The number of rotatable bonds is 3. The molecular formula is C10H21N. The van der Waals surface area contributed by atoms with Gasteiger partial charge < -0.3 is 4.90 Å². The van der Waals surface area contributed by atoms with Crippen molar-refractivity contribution in [3.05, 3.63) is 0 Å². The van der Waals surface area contributed by atoms with Crippen molar-refractivity contribution in [2.75, 3.05) is 20.1 Å². The number of hydrogen-bond donors (Lipinski definition) is 0. The average molecular weight is 155 g/mol. The van der Waals surface area contributed by atoms with Crippen molar-refractivity contribution in [3.8, 4) is 0 Å². The molecule has 1 aliphatic rings. The SMILES string of the molecule is CCCC(C)C1CCN(C)C1. The van der Waals surface area contributed by atoms with Crippen LogP contribution in [0.25, 0.3) is 0 Å². The maximum Gasteiger partial charge on any atom is 0.000963 e. The average Bonchev–Trinajstić information content (AvgIpc) is 2.36. The number of hydrogen-bond acceptors (Lipinski definition) is 1. The lowest BCUT2D eigenvalue weighted by atomic mass is 9.90. The maximum absolute atomic E-state index is 2.46. The molecule has 0 radical (unpaired) electrons. The second-order valence-corrected chi connectivity index (χ2v) is 4.08. The fourth-order valence-corrected chi connectivity index (χ4v) is 2.12. The van der Waals surface area contributed by atoms with Gasteiger partial charge in [-0.2, -0.15) is 0 Å². The highest BCUT2D eigenvalue weighted by atomic mass is 15.1. The predicted octanol–water partition coefficient (Wildman–Crippen LogP) is 2.37. The van der Waals surface area contributed by atoms with Crippen LogP contribution in [0.2, 0.25) is 0 Å². The normalized spacial score (nSPS) is 29.2. The summed E-state index contributed by atoms with van der Waals surface area (Å²) in [6, 6.07) is 0. The van der Waals surface area contributed by atoms with Gasteiger partial charge in [-0.15, -0.1) is 0 Å². The molecule has 0 aromatic heterocycles. The Bertz CT molecular complexity index is 111. The Labute approximate surface area is 70.8 Å². The van der Waals surface area contributed by atoms with E-state index >= 15 is 0 Å². The third kappa shape index (κ3) is 2.48. The Balaban J connectivity index is 2.25. The Kier molecular flexibility index (Phi) is 3.38. The molecule has 2 atom stereocenters. The van der Waals surface area contributed by atoms with E-state index in [1.807, 2.05) is 0 Å². The number of likely N-dealkylation sites (tertiary alicyclic amines) is 1. The summed E-state index contributed by atoms with van der Waals surface area (Å²) in [5.41, 5.74) is 0. The molecule has 1 rings (SSSR count). The van der Waals surface area contributed by atoms with E-state index in [4.69, 9.17) is 0 Å². The smallest absolute Gasteiger partial charge is 0.000963 e. The molecule has 1 aliphatic heterocycles. The second-order valence-electron chi connectivity index (χ2n) is 4.08. The van der Waals surface area contributed by atoms with Crippen LogP contribution < -0.4 is 0 Å². The van der Waals surface area contributed by atoms with E-state index in [-0.39, 0.29) is 0 Å². The van der Waals surface area contributed by atoms with Crippen molar-refractivity contribution in [2.45, 2.75) is 33.1 Å². The van der Waals surface area contributed by atoms with Crippen LogP contribution in [0, 0.1) is 11.8 Å². The molecule has 1 heteroatoms. The monoisotopic (exact) mass is 155 g/mol. The molecule has 1 saturated heterocycles. The molecule has 1 nitrogen and oxygen atoms in total. The van der Waals surface area contributed by atoms with Crippen LogP contribution in [0.4, 0.5) is 0 Å². The highest BCUT2D eigenvalue weighted by molar-refractivity contribution is 4.76. The Morgan fingerprint density at radius 3 is 2.73 bits per heavy atom. The summed E-state index contributed by atoms with van der Waals surface area (Å²) >= 11 is 0. The van der Waals surface area contributed by atoms with Crippen LogP contribution in [0.5, 0.6) is 0 Å². The molecule has 11 heavy (non-hydrogen) atoms. The molecule has 0 aliphatic carbocycles. The molecule has 2 unspecified atom stereocenters. The summed E-state index contributed by atoms with van der Waals surface area (Å²) in [5, 5.41) is 0. The molecule has 0 aromatic carbocycles. The van der Waals surface area contributed by atoms with E-state index in [2.05, 4.69) is 25.8 Å². The summed E-state index contributed by atoms with van der Waals surface area (Å²) < 4.78 is 0. The molecule has 0 spiro atoms. The lowest BCUT2D eigenvalue weighted by molar-refractivity contribution is 0.321. The van der Waals surface area contributed by atoms with Gasteiger partial charge in [-0.25, -0.2) is 0 Å². The van der Waals surface area contributed by atoms with Crippen molar-refractivity contribution in [2.24, 2.45) is 11.8 Å². The summed E-state index contributed by atoms with van der Waals surface area (Å²) in [7, 11) is 2.23. The molecule has 0 N–H and O–H groups in total. The quantitative estimate of drug-likeness (QED) is 0.605. The fourth-order valence-electron chi connectivity index (χ4n) is 2.12. The Hall–Kier alpha value is -0.0400. The standard InChI is InChI=1S/C10H21N/c1-4-5-9(2)10-6-7-11(3)8-10/h9-10H,4-8H2,1-3H3. The zero-order valence-corrected chi connectivity index (χ0v) is 8.14. The first kappa shape index (κ1) is 9.05. The molecule has 1 fully saturated rings. The number of nitrogens with zero attached hydrogens (tertiary/aromatic N) is 1. The van der Waals surface area contributed by atoms with Crippen LogP contribution in [-0.4, -0.2) is 25.0 Å². The zero-order valence-electron chi connectivity index (χ0n) is 8.14. The van der Waals surface area contributed by atoms with Gasteiger partial charge in [-0.05, 0) is 31.8 Å². The van der Waals surface area contributed by atoms with Crippen molar-refractivity contribution >= 4 is 0 Å². The van der Waals surface area contributed by atoms with Crippen LogP contribution >= 0.6 is 0 Å². The van der Waals surface area contributed by atoms with Crippen LogP contribution in [0.3, 0.4) is 0 Å². The van der Waals surface area contributed by atoms with Gasteiger partial charge in [0.05, 0.1) is 0 Å². The summed E-state index contributed by atoms with van der Waals surface area (Å²) in [5.74, 6) is 1.94. The van der Waals surface area contributed by atoms with E-state index in [0.717, 1.165) is 11.8 Å². The summed E-state index contributed by atoms with van der Waals surface area (Å²) in [4.78, 5) is 2.46. The molecule has 0 saturated carbocycles. The van der Waals surface area contributed by atoms with E-state index in [1.165, 1.54) is 32.4 Å². The van der Waals surface area contributed by atoms with Gasteiger partial charge in [-0.3, -0.25) is 0 Å². The van der Waals surface area contributed by atoms with Gasteiger partial charge in [-0.1, -0.05) is 26.7 Å². The Morgan fingerprint density at radius 1 is 1.55 bits per heavy atom. The molecule has 1 heterocycles. The molecule has 0 aromatic rings. The van der Waals surface area contributed by atoms with E-state index in [9.17, 15) is 0 Å².